The van der Waals surface area contributed by atoms with Gasteiger partial charge in [0.05, 0.1) is 19.0 Å². The highest BCUT2D eigenvalue weighted by molar-refractivity contribution is 5.76. The van der Waals surface area contributed by atoms with E-state index in [2.05, 4.69) is 10.2 Å². The van der Waals surface area contributed by atoms with Crippen molar-refractivity contribution in [2.24, 2.45) is 0 Å². The van der Waals surface area contributed by atoms with Crippen LogP contribution in [0.25, 0.3) is 0 Å². The summed E-state index contributed by atoms with van der Waals surface area (Å²) in [6.07, 6.45) is 1.92. The molecule has 2 aromatic rings. The van der Waals surface area contributed by atoms with Gasteiger partial charge in [-0.25, -0.2) is 0 Å². The number of methoxy groups -OCH3 is 1. The Morgan fingerprint density at radius 2 is 2.15 bits per heavy atom. The van der Waals surface area contributed by atoms with Gasteiger partial charge >= 0.3 is 5.97 Å². The molecule has 0 saturated heterocycles. The number of hydrogen-bond acceptors (Lipinski definition) is 4. The third-order valence-corrected chi connectivity index (χ3v) is 3.08. The summed E-state index contributed by atoms with van der Waals surface area (Å²) in [6, 6.07) is 9.14. The van der Waals surface area contributed by atoms with Crippen molar-refractivity contribution in [3.05, 3.63) is 53.3 Å². The number of aliphatic carboxylic acids is 1. The van der Waals surface area contributed by atoms with Gasteiger partial charge in [0.2, 0.25) is 0 Å². The molecule has 1 aromatic heterocycles. The van der Waals surface area contributed by atoms with Crippen LogP contribution in [0.3, 0.4) is 0 Å². The predicted octanol–water partition coefficient (Wildman–Crippen LogP) is 2.20. The predicted molar refractivity (Wildman–Crippen MR) is 73.8 cm³/mol. The Morgan fingerprint density at radius 1 is 1.40 bits per heavy atom. The molecule has 0 aliphatic heterocycles. The highest BCUT2D eigenvalue weighted by Gasteiger charge is 2.23. The zero-order valence-electron chi connectivity index (χ0n) is 11.4. The Morgan fingerprint density at radius 3 is 2.80 bits per heavy atom. The molecule has 20 heavy (non-hydrogen) atoms. The normalized spacial score (nSPS) is 11.9. The molecule has 0 bridgehead atoms. The summed E-state index contributed by atoms with van der Waals surface area (Å²) in [5, 5.41) is 17.2. The van der Waals surface area contributed by atoms with E-state index in [0.717, 1.165) is 11.1 Å². The summed E-state index contributed by atoms with van der Waals surface area (Å²) < 4.78 is 5.26. The smallest absolute Gasteiger partial charge is 0.313 e. The van der Waals surface area contributed by atoms with Crippen LogP contribution in [-0.2, 0) is 11.2 Å². The number of rotatable bonds is 5. The highest BCUT2D eigenvalue weighted by atomic mass is 16.5. The van der Waals surface area contributed by atoms with Crippen molar-refractivity contribution in [1.82, 2.24) is 10.2 Å². The molecule has 5 heteroatoms. The van der Waals surface area contributed by atoms with Crippen LogP contribution in [0.2, 0.25) is 0 Å². The van der Waals surface area contributed by atoms with Gasteiger partial charge < -0.3 is 9.84 Å². The van der Waals surface area contributed by atoms with Gasteiger partial charge in [-0.15, -0.1) is 0 Å². The van der Waals surface area contributed by atoms with E-state index in [9.17, 15) is 9.90 Å². The number of carboxylic acids is 1. The third-order valence-electron chi connectivity index (χ3n) is 3.08. The fourth-order valence-electron chi connectivity index (χ4n) is 2.07. The molecule has 1 heterocycles. The first-order chi connectivity index (χ1) is 9.61. The van der Waals surface area contributed by atoms with Gasteiger partial charge in [0.15, 0.2) is 0 Å². The SMILES string of the molecule is COc1ccccc1CC(C(=O)O)c1cc(C)cnn1. The minimum Gasteiger partial charge on any atom is -0.496 e. The van der Waals surface area contributed by atoms with Gasteiger partial charge in [0.1, 0.15) is 11.7 Å². The summed E-state index contributed by atoms with van der Waals surface area (Å²) in [5.41, 5.74) is 2.19. The lowest BCUT2D eigenvalue weighted by Crippen LogP contribution is -2.17. The van der Waals surface area contributed by atoms with Gasteiger partial charge in [-0.05, 0) is 36.6 Å². The van der Waals surface area contributed by atoms with Crippen molar-refractivity contribution in [2.75, 3.05) is 7.11 Å². The first-order valence-electron chi connectivity index (χ1n) is 6.25. The molecule has 0 spiro atoms. The average molecular weight is 272 g/mol. The standard InChI is InChI=1S/C15H16N2O3/c1-10-7-13(17-16-9-10)12(15(18)19)8-11-5-3-4-6-14(11)20-2/h3-7,9,12H,8H2,1-2H3,(H,18,19). The van der Waals surface area contributed by atoms with E-state index in [0.29, 0.717) is 17.9 Å². The fourth-order valence-corrected chi connectivity index (χ4v) is 2.07. The van der Waals surface area contributed by atoms with Gasteiger partial charge in [-0.1, -0.05) is 18.2 Å². The molecule has 1 atom stereocenters. The van der Waals surface area contributed by atoms with Crippen LogP contribution in [0.4, 0.5) is 0 Å². The number of aryl methyl sites for hydroxylation is 1. The third kappa shape index (κ3) is 3.12. The minimum atomic E-state index is -0.921. The topological polar surface area (TPSA) is 72.3 Å². The summed E-state index contributed by atoms with van der Waals surface area (Å²) in [5.74, 6) is -0.978. The molecule has 0 amide bonds. The number of aromatic nitrogens is 2. The van der Waals surface area contributed by atoms with Crippen LogP contribution in [-0.4, -0.2) is 28.4 Å². The van der Waals surface area contributed by atoms with Gasteiger partial charge in [0, 0.05) is 0 Å². The molecule has 1 aromatic carbocycles. The Labute approximate surface area is 117 Å². The molecule has 0 saturated carbocycles. The van der Waals surface area contributed by atoms with E-state index in [-0.39, 0.29) is 0 Å². The Balaban J connectivity index is 2.33. The lowest BCUT2D eigenvalue weighted by molar-refractivity contribution is -0.138. The van der Waals surface area contributed by atoms with Crippen molar-refractivity contribution in [1.29, 1.82) is 0 Å². The summed E-state index contributed by atoms with van der Waals surface area (Å²) in [6.45, 7) is 1.86. The van der Waals surface area contributed by atoms with Gasteiger partial charge in [-0.3, -0.25) is 4.79 Å². The van der Waals surface area contributed by atoms with Gasteiger partial charge in [-0.2, -0.15) is 10.2 Å². The number of hydrogen-bond donors (Lipinski definition) is 1. The van der Waals surface area contributed by atoms with Crippen LogP contribution in [0.1, 0.15) is 22.7 Å². The fraction of sp³-hybridized carbons (Fsp3) is 0.267. The Kier molecular flexibility index (Phi) is 4.30. The molecule has 0 aliphatic carbocycles. The van der Waals surface area contributed by atoms with Gasteiger partial charge in [0.25, 0.3) is 0 Å². The van der Waals surface area contributed by atoms with E-state index in [1.54, 1.807) is 19.4 Å². The van der Waals surface area contributed by atoms with Crippen molar-refractivity contribution >= 4 is 5.97 Å². The van der Waals surface area contributed by atoms with E-state index in [4.69, 9.17) is 4.74 Å². The lowest BCUT2D eigenvalue weighted by atomic mass is 9.95. The van der Waals surface area contributed by atoms with E-state index >= 15 is 0 Å². The molecule has 1 unspecified atom stereocenters. The van der Waals surface area contributed by atoms with Crippen LogP contribution in [0.15, 0.2) is 36.5 Å². The quantitative estimate of drug-likeness (QED) is 0.903. The Hall–Kier alpha value is -2.43. The first kappa shape index (κ1) is 14.0. The average Bonchev–Trinajstić information content (AvgIpc) is 2.44. The number of benzene rings is 1. The lowest BCUT2D eigenvalue weighted by Gasteiger charge is -2.14. The molecule has 0 aliphatic rings. The van der Waals surface area contributed by atoms with Crippen LogP contribution in [0, 0.1) is 6.92 Å². The summed E-state index contributed by atoms with van der Waals surface area (Å²) >= 11 is 0. The largest absolute Gasteiger partial charge is 0.496 e. The maximum absolute atomic E-state index is 11.5. The minimum absolute atomic E-state index is 0.317. The Bertz CT molecular complexity index is 614. The first-order valence-corrected chi connectivity index (χ1v) is 6.25. The van der Waals surface area contributed by atoms with Crippen molar-refractivity contribution < 1.29 is 14.6 Å². The van der Waals surface area contributed by atoms with E-state index in [1.165, 1.54) is 0 Å². The van der Waals surface area contributed by atoms with E-state index in [1.807, 2.05) is 31.2 Å². The molecular formula is C15H16N2O3. The van der Waals surface area contributed by atoms with Crippen LogP contribution < -0.4 is 4.74 Å². The van der Waals surface area contributed by atoms with Crippen LogP contribution in [0.5, 0.6) is 5.75 Å². The second kappa shape index (κ2) is 6.14. The molecule has 2 rings (SSSR count). The zero-order chi connectivity index (χ0) is 14.5. The molecule has 0 fully saturated rings. The van der Waals surface area contributed by atoms with Crippen molar-refractivity contribution in [3.63, 3.8) is 0 Å². The molecule has 0 radical (unpaired) electrons. The number of nitrogens with zero attached hydrogens (tertiary/aromatic N) is 2. The number of ether oxygens (including phenoxy) is 1. The summed E-state index contributed by atoms with van der Waals surface area (Å²) in [7, 11) is 1.57. The van der Waals surface area contributed by atoms with Crippen LogP contribution >= 0.6 is 0 Å². The number of para-hydroxylation sites is 1. The maximum Gasteiger partial charge on any atom is 0.313 e. The molecule has 5 nitrogen and oxygen atoms in total. The summed E-state index contributed by atoms with van der Waals surface area (Å²) in [4.78, 5) is 11.5. The zero-order valence-corrected chi connectivity index (χ0v) is 11.4. The molecule has 1 N–H and O–H groups in total. The second-order valence-corrected chi connectivity index (χ2v) is 4.56. The number of carbonyl (C=O) groups is 1. The second-order valence-electron chi connectivity index (χ2n) is 4.56. The maximum atomic E-state index is 11.5. The van der Waals surface area contributed by atoms with Crippen molar-refractivity contribution in [2.45, 2.75) is 19.3 Å². The van der Waals surface area contributed by atoms with E-state index < -0.39 is 11.9 Å². The number of carboxylic acid groups (broad SMARTS) is 1. The molecule has 104 valence electrons. The van der Waals surface area contributed by atoms with Crippen molar-refractivity contribution in [3.8, 4) is 5.75 Å². The highest BCUT2D eigenvalue weighted by Crippen LogP contribution is 2.25. The monoisotopic (exact) mass is 272 g/mol. The molecular weight excluding hydrogens is 256 g/mol.